The minimum Gasteiger partial charge on any atom is -1.00 e. The van der Waals surface area contributed by atoms with Crippen LogP contribution >= 0.6 is 0 Å². The fourth-order valence-electron chi connectivity index (χ4n) is 1.88. The van der Waals surface area contributed by atoms with Crippen LogP contribution in [0.1, 0.15) is 20.3 Å². The number of halogens is 2. The summed E-state index contributed by atoms with van der Waals surface area (Å²) in [5.74, 6) is 0.685. The van der Waals surface area contributed by atoms with Crippen molar-refractivity contribution in [1.82, 2.24) is 0 Å². The molecule has 2 aromatic carbocycles. The summed E-state index contributed by atoms with van der Waals surface area (Å²) in [7, 11) is 0. The van der Waals surface area contributed by atoms with Crippen LogP contribution in [0.3, 0.4) is 0 Å². The van der Waals surface area contributed by atoms with Crippen LogP contribution in [0, 0.1) is 12.0 Å². The molecule has 0 fully saturated rings. The Balaban J connectivity index is 0. The predicted octanol–water partition coefficient (Wildman–Crippen LogP) is -1.10. The number of hydrogen-bond acceptors (Lipinski definition) is 0. The van der Waals surface area contributed by atoms with Crippen molar-refractivity contribution >= 4 is 10.8 Å². The molecule has 0 atom stereocenters. The van der Waals surface area contributed by atoms with Crippen LogP contribution in [0.4, 0.5) is 0 Å². The smallest absolute Gasteiger partial charge is 1.00 e. The van der Waals surface area contributed by atoms with Gasteiger partial charge in [-0.05, 0) is 0 Å². The number of benzene rings is 1. The maximum atomic E-state index is 3.14. The molecular weight excluding hydrogens is 366 g/mol. The predicted molar refractivity (Wildman–Crippen MR) is 74.9 cm³/mol. The first-order valence-corrected chi connectivity index (χ1v) is 6.14. The molecule has 0 N–H and O–H groups in total. The molecule has 1 aliphatic carbocycles. The Morgan fingerprint density at radius 2 is 1.80 bits per heavy atom. The van der Waals surface area contributed by atoms with Gasteiger partial charge in [-0.25, -0.2) is 6.08 Å². The van der Waals surface area contributed by atoms with Crippen molar-refractivity contribution in [3.63, 3.8) is 0 Å². The minimum atomic E-state index is 0. The summed E-state index contributed by atoms with van der Waals surface area (Å²) in [5, 5.41) is 2.66. The van der Waals surface area contributed by atoms with E-state index in [1.165, 1.54) is 16.3 Å². The molecule has 3 rings (SSSR count). The van der Waals surface area contributed by atoms with Gasteiger partial charge in [-0.3, -0.25) is 6.08 Å². The molecule has 0 radical (unpaired) electrons. The summed E-state index contributed by atoms with van der Waals surface area (Å²) < 4.78 is 0. The third kappa shape index (κ3) is 6.48. The Morgan fingerprint density at radius 1 is 1.10 bits per heavy atom. The first-order valence-electron chi connectivity index (χ1n) is 6.14. The largest absolute Gasteiger partial charge is 4.00 e. The summed E-state index contributed by atoms with van der Waals surface area (Å²) in [5.41, 5.74) is 1.44. The van der Waals surface area contributed by atoms with Crippen LogP contribution in [0.25, 0.3) is 10.8 Å². The maximum absolute atomic E-state index is 3.14. The molecule has 0 aromatic heterocycles. The Morgan fingerprint density at radius 3 is 2.30 bits per heavy atom. The van der Waals surface area contributed by atoms with Gasteiger partial charge in [0.2, 0.25) is 0 Å². The summed E-state index contributed by atoms with van der Waals surface area (Å²) in [6, 6.07) is 14.7. The van der Waals surface area contributed by atoms with Crippen LogP contribution in [0.2, 0.25) is 0 Å². The molecule has 0 heterocycles. The van der Waals surface area contributed by atoms with Crippen LogP contribution in [0.5, 0.6) is 0 Å². The summed E-state index contributed by atoms with van der Waals surface area (Å²) in [4.78, 5) is 0. The SMILES string of the molecule is CC(C)C1=CC[C-]=C1.[Cl-].[Cl-].[Zr+4].c1ccc2[cH-]ccc2c1. The number of rotatable bonds is 1. The number of fused-ring (bicyclic) bond motifs is 1. The molecule has 1 aliphatic rings. The van der Waals surface area contributed by atoms with Gasteiger partial charge in [-0.15, -0.1) is 36.1 Å². The van der Waals surface area contributed by atoms with Crippen LogP contribution in [0.15, 0.2) is 60.2 Å². The molecule has 3 heteroatoms. The normalized spacial score (nSPS) is 11.7. The molecule has 0 amide bonds. The molecule has 0 saturated carbocycles. The third-order valence-corrected chi connectivity index (χ3v) is 2.94. The van der Waals surface area contributed by atoms with Crippen molar-refractivity contribution < 1.29 is 51.0 Å². The fourth-order valence-corrected chi connectivity index (χ4v) is 1.88. The van der Waals surface area contributed by atoms with Gasteiger partial charge in [0, 0.05) is 0 Å². The van der Waals surface area contributed by atoms with Crippen molar-refractivity contribution in [3.05, 3.63) is 66.3 Å². The Labute approximate surface area is 153 Å². The zero-order chi connectivity index (χ0) is 12.1. The van der Waals surface area contributed by atoms with E-state index in [-0.39, 0.29) is 51.0 Å². The van der Waals surface area contributed by atoms with E-state index < -0.39 is 0 Å². The standard InChI is InChI=1S/C9H7.C8H11.2ClH.Zr/c1-2-5-9-7-3-6-8(9)4-1;1-7(2)8-5-3-4-6-8;;;/h1-7H;5-7H,3H2,1-2H3;2*1H;/q2*-1;;;+4/p-2. The van der Waals surface area contributed by atoms with Crippen LogP contribution in [-0.4, -0.2) is 0 Å². The van der Waals surface area contributed by atoms with Crippen molar-refractivity contribution in [3.8, 4) is 0 Å². The first-order chi connectivity index (χ1) is 8.27. The van der Waals surface area contributed by atoms with Gasteiger partial charge < -0.3 is 24.8 Å². The van der Waals surface area contributed by atoms with Gasteiger partial charge in [0.1, 0.15) is 0 Å². The van der Waals surface area contributed by atoms with Crippen molar-refractivity contribution in [2.24, 2.45) is 5.92 Å². The zero-order valence-electron chi connectivity index (χ0n) is 11.7. The zero-order valence-corrected chi connectivity index (χ0v) is 15.7. The maximum Gasteiger partial charge on any atom is 4.00 e. The van der Waals surface area contributed by atoms with Crippen molar-refractivity contribution in [1.29, 1.82) is 0 Å². The van der Waals surface area contributed by atoms with Crippen LogP contribution < -0.4 is 24.8 Å². The number of hydrogen-bond donors (Lipinski definition) is 0. The third-order valence-electron chi connectivity index (χ3n) is 2.94. The monoisotopic (exact) mass is 382 g/mol. The second-order valence-corrected chi connectivity index (χ2v) is 4.57. The molecule has 2 aromatic rings. The molecule has 0 unspecified atom stereocenters. The topological polar surface area (TPSA) is 0 Å². The second kappa shape index (κ2) is 11.4. The molecule has 0 bridgehead atoms. The molecular formula is C17H18Cl2Zr. The van der Waals surface area contributed by atoms with Crippen LogP contribution in [-0.2, 0) is 26.2 Å². The molecule has 104 valence electrons. The molecule has 20 heavy (non-hydrogen) atoms. The van der Waals surface area contributed by atoms with Gasteiger partial charge in [-0.2, -0.15) is 29.2 Å². The van der Waals surface area contributed by atoms with E-state index in [0.29, 0.717) is 5.92 Å². The van der Waals surface area contributed by atoms with Gasteiger partial charge in [0.15, 0.2) is 0 Å². The Hall–Kier alpha value is -0.227. The van der Waals surface area contributed by atoms with Gasteiger partial charge in [0.25, 0.3) is 0 Å². The van der Waals surface area contributed by atoms with E-state index in [0.717, 1.165) is 6.42 Å². The average Bonchev–Trinajstić information content (AvgIpc) is 3.01. The summed E-state index contributed by atoms with van der Waals surface area (Å²) >= 11 is 0. The fraction of sp³-hybridized carbons (Fsp3) is 0.235. The van der Waals surface area contributed by atoms with Gasteiger partial charge in [0.05, 0.1) is 0 Å². The summed E-state index contributed by atoms with van der Waals surface area (Å²) in [6.07, 6.45) is 8.47. The van der Waals surface area contributed by atoms with E-state index in [1.807, 2.05) is 0 Å². The van der Waals surface area contributed by atoms with Gasteiger partial charge >= 0.3 is 26.2 Å². The first kappa shape index (κ1) is 22.1. The van der Waals surface area contributed by atoms with E-state index >= 15 is 0 Å². The molecule has 0 nitrogen and oxygen atoms in total. The summed E-state index contributed by atoms with van der Waals surface area (Å²) in [6.45, 7) is 4.41. The average molecular weight is 384 g/mol. The van der Waals surface area contributed by atoms with E-state index in [4.69, 9.17) is 0 Å². The molecule has 0 saturated heterocycles. The quantitative estimate of drug-likeness (QED) is 0.548. The molecule has 0 spiro atoms. The molecule has 0 aliphatic heterocycles. The van der Waals surface area contributed by atoms with Gasteiger partial charge in [-0.1, -0.05) is 25.8 Å². The number of allylic oxidation sites excluding steroid dienone is 4. The van der Waals surface area contributed by atoms with E-state index in [9.17, 15) is 0 Å². The Bertz CT molecular complexity index is 508. The van der Waals surface area contributed by atoms with Crippen molar-refractivity contribution in [2.75, 3.05) is 0 Å². The van der Waals surface area contributed by atoms with E-state index in [1.54, 1.807) is 0 Å². The van der Waals surface area contributed by atoms with E-state index in [2.05, 4.69) is 74.5 Å². The minimum absolute atomic E-state index is 0. The second-order valence-electron chi connectivity index (χ2n) is 4.57. The van der Waals surface area contributed by atoms with Crippen molar-refractivity contribution in [2.45, 2.75) is 20.3 Å². The Kier molecular flexibility index (Phi) is 12.6.